The fourth-order valence-electron chi connectivity index (χ4n) is 1.67. The van der Waals surface area contributed by atoms with Gasteiger partial charge >= 0.3 is 0 Å². The Bertz CT molecular complexity index is 116. The number of rotatable bonds is 5. The van der Waals surface area contributed by atoms with E-state index in [2.05, 4.69) is 13.5 Å². The standard InChI is InChI=1S/C10H18O/c1-3-5-9(6-4-2)10-7-8-11-10/h3,9-10H,1,4-8H2,2H3. The second-order valence-corrected chi connectivity index (χ2v) is 3.27. The van der Waals surface area contributed by atoms with Gasteiger partial charge in [0.2, 0.25) is 0 Å². The summed E-state index contributed by atoms with van der Waals surface area (Å²) >= 11 is 0. The van der Waals surface area contributed by atoms with Gasteiger partial charge in [0.05, 0.1) is 6.10 Å². The van der Waals surface area contributed by atoms with Crippen molar-refractivity contribution in [1.29, 1.82) is 0 Å². The number of hydrogen-bond acceptors (Lipinski definition) is 1. The molecule has 1 heterocycles. The Morgan fingerprint density at radius 2 is 2.45 bits per heavy atom. The van der Waals surface area contributed by atoms with Gasteiger partial charge in [0, 0.05) is 6.61 Å². The zero-order valence-corrected chi connectivity index (χ0v) is 7.38. The highest BCUT2D eigenvalue weighted by Gasteiger charge is 2.26. The van der Waals surface area contributed by atoms with Gasteiger partial charge in [-0.3, -0.25) is 0 Å². The first-order chi connectivity index (χ1) is 5.38. The summed E-state index contributed by atoms with van der Waals surface area (Å²) < 4.78 is 5.45. The normalized spacial score (nSPS) is 25.7. The second kappa shape index (κ2) is 4.55. The molecule has 1 rings (SSSR count). The molecule has 1 nitrogen and oxygen atoms in total. The van der Waals surface area contributed by atoms with Crippen molar-refractivity contribution in [3.63, 3.8) is 0 Å². The first-order valence-corrected chi connectivity index (χ1v) is 4.61. The third-order valence-electron chi connectivity index (χ3n) is 2.39. The van der Waals surface area contributed by atoms with Crippen LogP contribution < -0.4 is 0 Å². The molecule has 64 valence electrons. The molecule has 11 heavy (non-hydrogen) atoms. The molecule has 0 radical (unpaired) electrons. The highest BCUT2D eigenvalue weighted by molar-refractivity contribution is 4.82. The zero-order chi connectivity index (χ0) is 8.10. The van der Waals surface area contributed by atoms with Crippen molar-refractivity contribution in [1.82, 2.24) is 0 Å². The highest BCUT2D eigenvalue weighted by atomic mass is 16.5. The average molecular weight is 154 g/mol. The monoisotopic (exact) mass is 154 g/mol. The van der Waals surface area contributed by atoms with E-state index in [-0.39, 0.29) is 0 Å². The summed E-state index contributed by atoms with van der Waals surface area (Å²) in [4.78, 5) is 0. The highest BCUT2D eigenvalue weighted by Crippen LogP contribution is 2.26. The Morgan fingerprint density at radius 1 is 1.73 bits per heavy atom. The fourth-order valence-corrected chi connectivity index (χ4v) is 1.67. The maximum Gasteiger partial charge on any atom is 0.0628 e. The summed E-state index contributed by atoms with van der Waals surface area (Å²) in [7, 11) is 0. The van der Waals surface area contributed by atoms with Crippen LogP contribution in [0.25, 0.3) is 0 Å². The van der Waals surface area contributed by atoms with Gasteiger partial charge < -0.3 is 4.74 Å². The smallest absolute Gasteiger partial charge is 0.0628 e. The van der Waals surface area contributed by atoms with Crippen molar-refractivity contribution in [2.24, 2.45) is 5.92 Å². The molecule has 0 bridgehead atoms. The molecular weight excluding hydrogens is 136 g/mol. The van der Waals surface area contributed by atoms with E-state index < -0.39 is 0 Å². The van der Waals surface area contributed by atoms with Gasteiger partial charge in [-0.15, -0.1) is 6.58 Å². The van der Waals surface area contributed by atoms with Crippen LogP contribution in [-0.2, 0) is 4.74 Å². The summed E-state index contributed by atoms with van der Waals surface area (Å²) in [5.74, 6) is 0.742. The SMILES string of the molecule is C=CCC(CCC)C1CCO1. The molecule has 0 aromatic carbocycles. The van der Waals surface area contributed by atoms with Crippen LogP contribution in [0.1, 0.15) is 32.6 Å². The van der Waals surface area contributed by atoms with Crippen LogP contribution in [0.4, 0.5) is 0 Å². The molecule has 1 saturated heterocycles. The fraction of sp³-hybridized carbons (Fsp3) is 0.800. The maximum absolute atomic E-state index is 5.45. The van der Waals surface area contributed by atoms with Crippen molar-refractivity contribution in [3.8, 4) is 0 Å². The molecule has 1 fully saturated rings. The van der Waals surface area contributed by atoms with Gasteiger partial charge in [-0.05, 0) is 25.2 Å². The van der Waals surface area contributed by atoms with Gasteiger partial charge in [-0.2, -0.15) is 0 Å². The van der Waals surface area contributed by atoms with E-state index in [1.807, 2.05) is 6.08 Å². The average Bonchev–Trinajstić information content (AvgIpc) is 1.85. The number of allylic oxidation sites excluding steroid dienone is 1. The topological polar surface area (TPSA) is 9.23 Å². The maximum atomic E-state index is 5.45. The van der Waals surface area contributed by atoms with Crippen LogP contribution in [-0.4, -0.2) is 12.7 Å². The van der Waals surface area contributed by atoms with Crippen molar-refractivity contribution in [2.75, 3.05) is 6.61 Å². The van der Waals surface area contributed by atoms with E-state index in [0.717, 1.165) is 18.9 Å². The Kier molecular flexibility index (Phi) is 3.64. The summed E-state index contributed by atoms with van der Waals surface area (Å²) in [6, 6.07) is 0. The lowest BCUT2D eigenvalue weighted by Gasteiger charge is -2.33. The lowest BCUT2D eigenvalue weighted by molar-refractivity contribution is -0.0858. The van der Waals surface area contributed by atoms with Crippen LogP contribution in [0.15, 0.2) is 12.7 Å². The summed E-state index contributed by atoms with van der Waals surface area (Å²) in [6.45, 7) is 6.97. The molecule has 0 amide bonds. The first-order valence-electron chi connectivity index (χ1n) is 4.61. The summed E-state index contributed by atoms with van der Waals surface area (Å²) in [5.41, 5.74) is 0. The van der Waals surface area contributed by atoms with Gasteiger partial charge in [0.15, 0.2) is 0 Å². The molecular formula is C10H18O. The van der Waals surface area contributed by atoms with Crippen molar-refractivity contribution in [3.05, 3.63) is 12.7 Å². The summed E-state index contributed by atoms with van der Waals surface area (Å²) in [5, 5.41) is 0. The van der Waals surface area contributed by atoms with E-state index >= 15 is 0 Å². The molecule has 2 unspecified atom stereocenters. The molecule has 1 aliphatic rings. The Balaban J connectivity index is 2.24. The third-order valence-corrected chi connectivity index (χ3v) is 2.39. The quantitative estimate of drug-likeness (QED) is 0.553. The predicted octanol–water partition coefficient (Wildman–Crippen LogP) is 2.77. The van der Waals surface area contributed by atoms with E-state index in [0.29, 0.717) is 6.10 Å². The molecule has 0 aliphatic carbocycles. The summed E-state index contributed by atoms with van der Waals surface area (Å²) in [6.07, 6.45) is 7.50. The molecule has 1 aliphatic heterocycles. The van der Waals surface area contributed by atoms with Crippen LogP contribution in [0, 0.1) is 5.92 Å². The molecule has 0 aromatic heterocycles. The van der Waals surface area contributed by atoms with Gasteiger partial charge in [-0.25, -0.2) is 0 Å². The molecule has 1 heteroatoms. The number of hydrogen-bond donors (Lipinski definition) is 0. The largest absolute Gasteiger partial charge is 0.378 e. The van der Waals surface area contributed by atoms with Crippen LogP contribution in [0.3, 0.4) is 0 Å². The zero-order valence-electron chi connectivity index (χ0n) is 7.38. The minimum atomic E-state index is 0.549. The Morgan fingerprint density at radius 3 is 2.82 bits per heavy atom. The molecule has 0 aromatic rings. The molecule has 0 N–H and O–H groups in total. The minimum absolute atomic E-state index is 0.549. The molecule has 2 atom stereocenters. The second-order valence-electron chi connectivity index (χ2n) is 3.27. The van der Waals surface area contributed by atoms with Gasteiger partial charge in [-0.1, -0.05) is 19.4 Å². The van der Waals surface area contributed by atoms with E-state index in [1.54, 1.807) is 0 Å². The first kappa shape index (κ1) is 8.79. The van der Waals surface area contributed by atoms with Crippen molar-refractivity contribution < 1.29 is 4.74 Å². The molecule has 0 spiro atoms. The van der Waals surface area contributed by atoms with Gasteiger partial charge in [0.1, 0.15) is 0 Å². The Labute approximate surface area is 69.4 Å². The third kappa shape index (κ3) is 2.33. The Hall–Kier alpha value is -0.300. The van der Waals surface area contributed by atoms with E-state index in [1.165, 1.54) is 19.3 Å². The van der Waals surface area contributed by atoms with Crippen molar-refractivity contribution in [2.45, 2.75) is 38.7 Å². The van der Waals surface area contributed by atoms with E-state index in [4.69, 9.17) is 4.74 Å². The van der Waals surface area contributed by atoms with Crippen LogP contribution in [0.5, 0.6) is 0 Å². The minimum Gasteiger partial charge on any atom is -0.378 e. The van der Waals surface area contributed by atoms with Crippen LogP contribution >= 0.6 is 0 Å². The molecule has 0 saturated carbocycles. The van der Waals surface area contributed by atoms with Crippen molar-refractivity contribution >= 4 is 0 Å². The predicted molar refractivity (Wildman–Crippen MR) is 47.6 cm³/mol. The van der Waals surface area contributed by atoms with Crippen LogP contribution in [0.2, 0.25) is 0 Å². The van der Waals surface area contributed by atoms with Gasteiger partial charge in [0.25, 0.3) is 0 Å². The lowest BCUT2D eigenvalue weighted by Crippen LogP contribution is -2.34. The van der Waals surface area contributed by atoms with E-state index in [9.17, 15) is 0 Å². The number of ether oxygens (including phenoxy) is 1. The lowest BCUT2D eigenvalue weighted by atomic mass is 9.89.